The van der Waals surface area contributed by atoms with E-state index in [9.17, 15) is 0 Å². The quantitative estimate of drug-likeness (QED) is 0.479. The van der Waals surface area contributed by atoms with Crippen molar-refractivity contribution in [2.24, 2.45) is 5.92 Å². The fourth-order valence-electron chi connectivity index (χ4n) is 2.04. The zero-order valence-corrected chi connectivity index (χ0v) is 10.1. The lowest BCUT2D eigenvalue weighted by atomic mass is 9.97. The number of nitrogens with zero attached hydrogens (tertiary/aromatic N) is 1. The highest BCUT2D eigenvalue weighted by Gasteiger charge is 2.12. The van der Waals surface area contributed by atoms with Gasteiger partial charge in [-0.15, -0.1) is 0 Å². The summed E-state index contributed by atoms with van der Waals surface area (Å²) in [5.74, 6) is 0.757. The largest absolute Gasteiger partial charge is 0.299 e. The Hall–Kier alpha value is -0.300. The van der Waals surface area contributed by atoms with Crippen LogP contribution in [0.25, 0.3) is 0 Å². The topological polar surface area (TPSA) is 3.24 Å². The average Bonchev–Trinajstić information content (AvgIpc) is 2.19. The summed E-state index contributed by atoms with van der Waals surface area (Å²) >= 11 is 0. The molecule has 14 heavy (non-hydrogen) atoms. The van der Waals surface area contributed by atoms with Gasteiger partial charge < -0.3 is 0 Å². The lowest BCUT2D eigenvalue weighted by molar-refractivity contribution is 0.282. The molecule has 1 aliphatic rings. The molecule has 0 aliphatic carbocycles. The number of hydrogen-bond donors (Lipinski definition) is 0. The van der Waals surface area contributed by atoms with E-state index >= 15 is 0 Å². The molecule has 0 saturated heterocycles. The minimum absolute atomic E-state index is 0.757. The first-order chi connectivity index (χ1) is 6.74. The van der Waals surface area contributed by atoms with Gasteiger partial charge in [-0.05, 0) is 25.3 Å². The summed E-state index contributed by atoms with van der Waals surface area (Å²) in [4.78, 5) is 2.58. The van der Waals surface area contributed by atoms with Crippen molar-refractivity contribution in [1.29, 1.82) is 0 Å². The maximum absolute atomic E-state index is 2.58. The zero-order chi connectivity index (χ0) is 10.4. The highest BCUT2D eigenvalue weighted by molar-refractivity contribution is 5.09. The number of rotatable bonds is 5. The van der Waals surface area contributed by atoms with Gasteiger partial charge in [-0.1, -0.05) is 45.3 Å². The predicted octanol–water partition coefficient (Wildman–Crippen LogP) is 3.46. The summed E-state index contributed by atoms with van der Waals surface area (Å²) in [6, 6.07) is 0. The van der Waals surface area contributed by atoms with E-state index in [-0.39, 0.29) is 0 Å². The molecule has 82 valence electrons. The van der Waals surface area contributed by atoms with Crippen LogP contribution in [-0.2, 0) is 0 Å². The molecule has 0 aromatic carbocycles. The minimum Gasteiger partial charge on any atom is -0.299 e. The average molecular weight is 195 g/mol. The molecule has 1 heteroatoms. The van der Waals surface area contributed by atoms with Crippen molar-refractivity contribution in [3.8, 4) is 0 Å². The second kappa shape index (κ2) is 6.23. The Bertz CT molecular complexity index is 182. The van der Waals surface area contributed by atoms with Gasteiger partial charge in [-0.2, -0.15) is 0 Å². The van der Waals surface area contributed by atoms with Crippen molar-refractivity contribution in [3.05, 3.63) is 11.6 Å². The van der Waals surface area contributed by atoms with Gasteiger partial charge in [0.25, 0.3) is 0 Å². The van der Waals surface area contributed by atoms with E-state index < -0.39 is 0 Å². The van der Waals surface area contributed by atoms with Crippen LogP contribution in [0, 0.1) is 5.92 Å². The maximum atomic E-state index is 2.58. The zero-order valence-electron chi connectivity index (χ0n) is 10.1. The van der Waals surface area contributed by atoms with Crippen LogP contribution in [0.2, 0.25) is 0 Å². The first kappa shape index (κ1) is 11.8. The molecule has 1 aliphatic heterocycles. The fraction of sp³-hybridized carbons (Fsp3) is 0.846. The molecule has 0 bridgehead atoms. The van der Waals surface area contributed by atoms with Crippen molar-refractivity contribution in [1.82, 2.24) is 4.90 Å². The van der Waals surface area contributed by atoms with E-state index in [1.807, 2.05) is 0 Å². The Labute approximate surface area is 89.2 Å². The second-order valence-electron chi connectivity index (χ2n) is 4.69. The molecule has 0 N–H and O–H groups in total. The molecule has 0 amide bonds. The summed E-state index contributed by atoms with van der Waals surface area (Å²) in [5, 5.41) is 0. The molecule has 0 aromatic heterocycles. The van der Waals surface area contributed by atoms with E-state index in [1.54, 1.807) is 5.57 Å². The Balaban J connectivity index is 2.21. The third-order valence-corrected chi connectivity index (χ3v) is 3.15. The van der Waals surface area contributed by atoms with Crippen LogP contribution < -0.4 is 0 Å². The standard InChI is InChI=1S/C13H25N/c1-4-5-6-9-14-10-7-13(8-11-14)12(2)3/h7,12H,4-6,8-11H2,1-3H3. The van der Waals surface area contributed by atoms with Crippen LogP contribution in [0.3, 0.4) is 0 Å². The van der Waals surface area contributed by atoms with Gasteiger partial charge in [0, 0.05) is 13.1 Å². The highest BCUT2D eigenvalue weighted by atomic mass is 15.1. The molecule has 0 radical (unpaired) electrons. The fourth-order valence-corrected chi connectivity index (χ4v) is 2.04. The van der Waals surface area contributed by atoms with Gasteiger partial charge in [-0.3, -0.25) is 4.90 Å². The molecule has 0 spiro atoms. The molecule has 0 unspecified atom stereocenters. The van der Waals surface area contributed by atoms with Crippen LogP contribution >= 0.6 is 0 Å². The van der Waals surface area contributed by atoms with Gasteiger partial charge in [0.1, 0.15) is 0 Å². The molecule has 0 fully saturated rings. The second-order valence-corrected chi connectivity index (χ2v) is 4.69. The minimum atomic E-state index is 0.757. The van der Waals surface area contributed by atoms with Crippen LogP contribution in [0.4, 0.5) is 0 Å². The first-order valence-electron chi connectivity index (χ1n) is 6.15. The molecule has 0 saturated carbocycles. The lowest BCUT2D eigenvalue weighted by Crippen LogP contribution is -2.30. The molecule has 0 aromatic rings. The Morgan fingerprint density at radius 1 is 1.36 bits per heavy atom. The third kappa shape index (κ3) is 3.83. The normalized spacial score (nSPS) is 18.7. The molecular weight excluding hydrogens is 170 g/mol. The first-order valence-corrected chi connectivity index (χ1v) is 6.15. The van der Waals surface area contributed by atoms with Crippen molar-refractivity contribution in [2.75, 3.05) is 19.6 Å². The van der Waals surface area contributed by atoms with Crippen LogP contribution in [0.15, 0.2) is 11.6 Å². The van der Waals surface area contributed by atoms with Gasteiger partial charge >= 0.3 is 0 Å². The van der Waals surface area contributed by atoms with E-state index in [2.05, 4.69) is 31.7 Å². The maximum Gasteiger partial charge on any atom is 0.0166 e. The summed E-state index contributed by atoms with van der Waals surface area (Å²) in [7, 11) is 0. The van der Waals surface area contributed by atoms with Crippen LogP contribution in [0.5, 0.6) is 0 Å². The van der Waals surface area contributed by atoms with E-state index in [0.29, 0.717) is 0 Å². The van der Waals surface area contributed by atoms with Gasteiger partial charge in [0.05, 0.1) is 0 Å². The number of unbranched alkanes of at least 4 members (excludes halogenated alkanes) is 2. The Kier molecular flexibility index (Phi) is 5.24. The summed E-state index contributed by atoms with van der Waals surface area (Å²) in [5.41, 5.74) is 1.66. The number of hydrogen-bond acceptors (Lipinski definition) is 1. The van der Waals surface area contributed by atoms with Crippen molar-refractivity contribution in [3.63, 3.8) is 0 Å². The van der Waals surface area contributed by atoms with Crippen LogP contribution in [0.1, 0.15) is 46.5 Å². The molecule has 0 atom stereocenters. The summed E-state index contributed by atoms with van der Waals surface area (Å²) < 4.78 is 0. The Morgan fingerprint density at radius 2 is 2.14 bits per heavy atom. The predicted molar refractivity (Wildman–Crippen MR) is 63.5 cm³/mol. The third-order valence-electron chi connectivity index (χ3n) is 3.15. The SMILES string of the molecule is CCCCCN1CC=C(C(C)C)CC1. The van der Waals surface area contributed by atoms with E-state index in [0.717, 1.165) is 5.92 Å². The van der Waals surface area contributed by atoms with Gasteiger partial charge in [0.15, 0.2) is 0 Å². The van der Waals surface area contributed by atoms with Crippen molar-refractivity contribution < 1.29 is 0 Å². The van der Waals surface area contributed by atoms with Crippen molar-refractivity contribution in [2.45, 2.75) is 46.5 Å². The molecule has 1 rings (SSSR count). The van der Waals surface area contributed by atoms with Gasteiger partial charge in [-0.25, -0.2) is 0 Å². The molecular formula is C13H25N. The van der Waals surface area contributed by atoms with E-state index in [1.165, 1.54) is 45.3 Å². The molecule has 1 nitrogen and oxygen atoms in total. The lowest BCUT2D eigenvalue weighted by Gasteiger charge is -2.27. The van der Waals surface area contributed by atoms with Gasteiger partial charge in [0.2, 0.25) is 0 Å². The van der Waals surface area contributed by atoms with E-state index in [4.69, 9.17) is 0 Å². The summed E-state index contributed by atoms with van der Waals surface area (Å²) in [6.45, 7) is 10.7. The summed E-state index contributed by atoms with van der Waals surface area (Å²) in [6.07, 6.45) is 7.84. The smallest absolute Gasteiger partial charge is 0.0166 e. The molecule has 1 heterocycles. The van der Waals surface area contributed by atoms with Crippen LogP contribution in [-0.4, -0.2) is 24.5 Å². The Morgan fingerprint density at radius 3 is 2.64 bits per heavy atom. The monoisotopic (exact) mass is 195 g/mol. The van der Waals surface area contributed by atoms with Crippen molar-refractivity contribution >= 4 is 0 Å². The highest BCUT2D eigenvalue weighted by Crippen LogP contribution is 2.18.